The number of ether oxygens (including phenoxy) is 1. The molecular weight excluding hydrogens is 366 g/mol. The molecule has 0 aliphatic rings. The van der Waals surface area contributed by atoms with E-state index >= 15 is 0 Å². The van der Waals surface area contributed by atoms with Crippen molar-refractivity contribution in [3.05, 3.63) is 47.2 Å². The van der Waals surface area contributed by atoms with E-state index in [2.05, 4.69) is 27.0 Å². The number of aromatic nitrogens is 5. The van der Waals surface area contributed by atoms with Crippen LogP contribution in [0, 0.1) is 13.8 Å². The smallest absolute Gasteiger partial charge is 0.210 e. The van der Waals surface area contributed by atoms with E-state index in [0.717, 1.165) is 22.7 Å². The Morgan fingerprint density at radius 2 is 2.22 bits per heavy atom. The third kappa shape index (κ3) is 4.30. The molecule has 3 rings (SSSR count). The molecule has 0 saturated heterocycles. The molecule has 8 nitrogen and oxygen atoms in total. The topological polar surface area (TPSA) is 88.0 Å². The number of hydrogen-bond acceptors (Lipinski definition) is 7. The lowest BCUT2D eigenvalue weighted by molar-refractivity contribution is 0.102. The zero-order valence-electron chi connectivity index (χ0n) is 15.9. The van der Waals surface area contributed by atoms with Crippen molar-refractivity contribution in [2.75, 3.05) is 19.5 Å². The number of nitrogens with zero attached hydrogens (tertiary/aromatic N) is 5. The fourth-order valence-corrected chi connectivity index (χ4v) is 3.97. The zero-order chi connectivity index (χ0) is 19.4. The van der Waals surface area contributed by atoms with E-state index in [0.29, 0.717) is 18.3 Å². The molecule has 0 N–H and O–H groups in total. The van der Waals surface area contributed by atoms with Gasteiger partial charge in [0.05, 0.1) is 24.7 Å². The molecule has 0 amide bonds. The van der Waals surface area contributed by atoms with E-state index in [1.807, 2.05) is 32.0 Å². The standard InChI is InChI=1S/C18H23N5O3S/c1-12-8-16(14(3)23(12)13(2)10-25-4)17(24)11-27-18-19-20-21-22(18)9-15-6-5-7-26-15/h5-8,13H,9-11H2,1-4H3. The molecule has 0 aromatic carbocycles. The third-order valence-corrected chi connectivity index (χ3v) is 5.31. The maximum absolute atomic E-state index is 12.8. The number of aryl methyl sites for hydroxylation is 1. The van der Waals surface area contributed by atoms with Gasteiger partial charge in [0, 0.05) is 24.1 Å². The van der Waals surface area contributed by atoms with E-state index in [-0.39, 0.29) is 17.6 Å². The van der Waals surface area contributed by atoms with Crippen LogP contribution in [0.4, 0.5) is 0 Å². The second-order valence-electron chi connectivity index (χ2n) is 6.37. The van der Waals surface area contributed by atoms with Gasteiger partial charge in [0.1, 0.15) is 12.3 Å². The molecule has 0 saturated carbocycles. The zero-order valence-corrected chi connectivity index (χ0v) is 16.7. The Bertz CT molecular complexity index is 900. The van der Waals surface area contributed by atoms with Crippen molar-refractivity contribution in [1.82, 2.24) is 24.8 Å². The molecule has 1 atom stereocenters. The summed E-state index contributed by atoms with van der Waals surface area (Å²) in [5.41, 5.74) is 2.74. The molecule has 0 bridgehead atoms. The van der Waals surface area contributed by atoms with Crippen molar-refractivity contribution in [1.29, 1.82) is 0 Å². The SMILES string of the molecule is COCC(C)n1c(C)cc(C(=O)CSc2nnnn2Cc2ccco2)c1C. The average Bonchev–Trinajstić information content (AvgIpc) is 3.35. The highest BCUT2D eigenvalue weighted by atomic mass is 32.2. The van der Waals surface area contributed by atoms with Crippen molar-refractivity contribution in [3.8, 4) is 0 Å². The molecule has 3 aromatic rings. The molecule has 9 heteroatoms. The van der Waals surface area contributed by atoms with Crippen LogP contribution in [0.15, 0.2) is 34.0 Å². The molecule has 1 unspecified atom stereocenters. The number of furan rings is 1. The Labute approximate surface area is 161 Å². The normalized spacial score (nSPS) is 12.4. The van der Waals surface area contributed by atoms with Crippen molar-refractivity contribution < 1.29 is 13.9 Å². The molecule has 0 fully saturated rings. The first-order valence-corrected chi connectivity index (χ1v) is 9.61. The maximum atomic E-state index is 12.8. The number of ketones is 1. The van der Waals surface area contributed by atoms with Crippen LogP contribution >= 0.6 is 11.8 Å². The van der Waals surface area contributed by atoms with Crippen LogP contribution in [-0.2, 0) is 11.3 Å². The summed E-state index contributed by atoms with van der Waals surface area (Å²) in [7, 11) is 1.68. The largest absolute Gasteiger partial charge is 0.467 e. The molecule has 27 heavy (non-hydrogen) atoms. The van der Waals surface area contributed by atoms with Crippen molar-refractivity contribution >= 4 is 17.5 Å². The molecular formula is C18H23N5O3S. The van der Waals surface area contributed by atoms with E-state index < -0.39 is 0 Å². The first-order chi connectivity index (χ1) is 13.0. The predicted octanol–water partition coefficient (Wildman–Crippen LogP) is 2.92. The van der Waals surface area contributed by atoms with Gasteiger partial charge < -0.3 is 13.7 Å². The Hall–Kier alpha value is -2.39. The number of hydrogen-bond donors (Lipinski definition) is 0. The van der Waals surface area contributed by atoms with E-state index in [4.69, 9.17) is 9.15 Å². The van der Waals surface area contributed by atoms with Crippen LogP contribution < -0.4 is 0 Å². The fraction of sp³-hybridized carbons (Fsp3) is 0.444. The summed E-state index contributed by atoms with van der Waals surface area (Å²) in [5, 5.41) is 12.3. The lowest BCUT2D eigenvalue weighted by atomic mass is 10.2. The van der Waals surface area contributed by atoms with Gasteiger partial charge in [0.15, 0.2) is 5.78 Å². The Morgan fingerprint density at radius 3 is 2.93 bits per heavy atom. The Kier molecular flexibility index (Phi) is 6.12. The van der Waals surface area contributed by atoms with E-state index in [9.17, 15) is 4.79 Å². The monoisotopic (exact) mass is 389 g/mol. The minimum absolute atomic E-state index is 0.0523. The van der Waals surface area contributed by atoms with Gasteiger partial charge in [-0.15, -0.1) is 5.10 Å². The number of methoxy groups -OCH3 is 1. The lowest BCUT2D eigenvalue weighted by Crippen LogP contribution is -2.15. The van der Waals surface area contributed by atoms with Crippen LogP contribution in [0.5, 0.6) is 0 Å². The van der Waals surface area contributed by atoms with Gasteiger partial charge in [-0.25, -0.2) is 4.68 Å². The van der Waals surface area contributed by atoms with Gasteiger partial charge in [-0.05, 0) is 49.4 Å². The van der Waals surface area contributed by atoms with Gasteiger partial charge >= 0.3 is 0 Å². The summed E-state index contributed by atoms with van der Waals surface area (Å²) < 4.78 is 14.3. The molecule has 0 spiro atoms. The van der Waals surface area contributed by atoms with E-state index in [1.165, 1.54) is 11.8 Å². The van der Waals surface area contributed by atoms with Gasteiger partial charge in [-0.2, -0.15) is 0 Å². The summed E-state index contributed by atoms with van der Waals surface area (Å²) >= 11 is 1.32. The number of tetrazole rings is 1. The number of carbonyl (C=O) groups excluding carboxylic acids is 1. The first kappa shape index (κ1) is 19.4. The summed E-state index contributed by atoms with van der Waals surface area (Å²) in [6.07, 6.45) is 1.61. The van der Waals surface area contributed by atoms with Gasteiger partial charge in [-0.1, -0.05) is 11.8 Å². The van der Waals surface area contributed by atoms with Gasteiger partial charge in [0.25, 0.3) is 0 Å². The molecule has 3 aromatic heterocycles. The Morgan fingerprint density at radius 1 is 1.41 bits per heavy atom. The van der Waals surface area contributed by atoms with Crippen LogP contribution in [-0.4, -0.2) is 50.0 Å². The van der Waals surface area contributed by atoms with Crippen LogP contribution in [0.2, 0.25) is 0 Å². The second-order valence-corrected chi connectivity index (χ2v) is 7.31. The number of thioether (sulfide) groups is 1. The quantitative estimate of drug-likeness (QED) is 0.411. The third-order valence-electron chi connectivity index (χ3n) is 4.35. The fourth-order valence-electron chi connectivity index (χ4n) is 3.21. The predicted molar refractivity (Wildman–Crippen MR) is 101 cm³/mol. The Balaban J connectivity index is 1.69. The minimum Gasteiger partial charge on any atom is -0.467 e. The highest BCUT2D eigenvalue weighted by molar-refractivity contribution is 7.99. The summed E-state index contributed by atoms with van der Waals surface area (Å²) in [6, 6.07) is 5.79. The maximum Gasteiger partial charge on any atom is 0.210 e. The molecule has 144 valence electrons. The first-order valence-electron chi connectivity index (χ1n) is 8.63. The van der Waals surface area contributed by atoms with Crippen LogP contribution in [0.3, 0.4) is 0 Å². The minimum atomic E-state index is 0.0523. The average molecular weight is 389 g/mol. The molecule has 0 aliphatic carbocycles. The van der Waals surface area contributed by atoms with Crippen molar-refractivity contribution in [2.45, 2.75) is 38.5 Å². The summed E-state index contributed by atoms with van der Waals surface area (Å²) in [5.74, 6) is 1.07. The number of rotatable bonds is 9. The van der Waals surface area contributed by atoms with Crippen molar-refractivity contribution in [3.63, 3.8) is 0 Å². The van der Waals surface area contributed by atoms with Crippen LogP contribution in [0.25, 0.3) is 0 Å². The van der Waals surface area contributed by atoms with Crippen molar-refractivity contribution in [2.24, 2.45) is 0 Å². The lowest BCUT2D eigenvalue weighted by Gasteiger charge is -2.17. The highest BCUT2D eigenvalue weighted by Gasteiger charge is 2.20. The van der Waals surface area contributed by atoms with Crippen LogP contribution in [0.1, 0.15) is 40.5 Å². The number of carbonyl (C=O) groups is 1. The van der Waals surface area contributed by atoms with Gasteiger partial charge in [0.2, 0.25) is 5.16 Å². The number of Topliss-reactive ketones (excluding diaryl/α,β-unsaturated/α-hetero) is 1. The molecule has 3 heterocycles. The highest BCUT2D eigenvalue weighted by Crippen LogP contribution is 2.24. The molecule has 0 aliphatic heterocycles. The summed E-state index contributed by atoms with van der Waals surface area (Å²) in [6.45, 7) is 7.08. The van der Waals surface area contributed by atoms with Gasteiger partial charge in [-0.3, -0.25) is 4.79 Å². The summed E-state index contributed by atoms with van der Waals surface area (Å²) in [4.78, 5) is 12.8. The second kappa shape index (κ2) is 8.53. The van der Waals surface area contributed by atoms with E-state index in [1.54, 1.807) is 18.1 Å². The molecule has 0 radical (unpaired) electrons.